The number of nitrogens with one attached hydrogen (secondary N) is 1. The number of aryl methyl sites for hydroxylation is 2. The van der Waals surface area contributed by atoms with Crippen LogP contribution >= 0.6 is 11.6 Å². The second kappa shape index (κ2) is 7.49. The molecule has 2 rings (SSSR count). The summed E-state index contributed by atoms with van der Waals surface area (Å²) in [7, 11) is 0. The third-order valence-corrected chi connectivity index (χ3v) is 4.26. The second-order valence-corrected chi connectivity index (χ2v) is 6.27. The first-order chi connectivity index (χ1) is 11.3. The molecule has 0 aliphatic heterocycles. The maximum atomic E-state index is 12.4. The topological polar surface area (TPSA) is 49.4 Å². The summed E-state index contributed by atoms with van der Waals surface area (Å²) in [6.45, 7) is 7.19. The van der Waals surface area contributed by atoms with E-state index in [-0.39, 0.29) is 18.4 Å². The fourth-order valence-corrected chi connectivity index (χ4v) is 2.63. The predicted octanol–water partition coefficient (Wildman–Crippen LogP) is 4.26. The minimum absolute atomic E-state index is 0.0656. The highest BCUT2D eigenvalue weighted by Gasteiger charge is 2.18. The summed E-state index contributed by atoms with van der Waals surface area (Å²) < 4.78 is 0. The molecule has 0 unspecified atom stereocenters. The Morgan fingerprint density at radius 3 is 2.46 bits per heavy atom. The van der Waals surface area contributed by atoms with Crippen LogP contribution in [0.4, 0.5) is 11.4 Å². The van der Waals surface area contributed by atoms with Gasteiger partial charge in [0.2, 0.25) is 11.8 Å². The van der Waals surface area contributed by atoms with Gasteiger partial charge in [0.1, 0.15) is 6.54 Å². The van der Waals surface area contributed by atoms with Crippen LogP contribution in [0.15, 0.2) is 36.4 Å². The zero-order chi connectivity index (χ0) is 17.9. The van der Waals surface area contributed by atoms with Crippen molar-refractivity contribution in [2.24, 2.45) is 0 Å². The van der Waals surface area contributed by atoms with Crippen LogP contribution in [0.5, 0.6) is 0 Å². The summed E-state index contributed by atoms with van der Waals surface area (Å²) in [5.41, 5.74) is 4.40. The van der Waals surface area contributed by atoms with E-state index in [1.807, 2.05) is 45.0 Å². The number of halogens is 1. The summed E-state index contributed by atoms with van der Waals surface area (Å²) in [5.74, 6) is -0.463. The number of carbonyl (C=O) groups is 2. The first kappa shape index (κ1) is 18.0. The van der Waals surface area contributed by atoms with Gasteiger partial charge < -0.3 is 10.2 Å². The monoisotopic (exact) mass is 344 g/mol. The lowest BCUT2D eigenvalue weighted by molar-refractivity contribution is -0.120. The van der Waals surface area contributed by atoms with Gasteiger partial charge in [-0.3, -0.25) is 9.59 Å². The van der Waals surface area contributed by atoms with Gasteiger partial charge in [-0.05, 0) is 55.7 Å². The zero-order valence-electron chi connectivity index (χ0n) is 14.3. The van der Waals surface area contributed by atoms with E-state index in [4.69, 9.17) is 11.6 Å². The molecule has 0 spiro atoms. The Hall–Kier alpha value is -2.33. The molecule has 5 heteroatoms. The van der Waals surface area contributed by atoms with Gasteiger partial charge in [-0.1, -0.05) is 29.8 Å². The lowest BCUT2D eigenvalue weighted by atomic mass is 10.1. The lowest BCUT2D eigenvalue weighted by Gasteiger charge is -2.23. The van der Waals surface area contributed by atoms with Crippen molar-refractivity contribution in [3.05, 3.63) is 58.1 Å². The third kappa shape index (κ3) is 4.15. The molecule has 0 atom stereocenters. The molecule has 2 amide bonds. The van der Waals surface area contributed by atoms with Gasteiger partial charge in [-0.25, -0.2) is 0 Å². The van der Waals surface area contributed by atoms with E-state index in [0.717, 1.165) is 22.4 Å². The van der Waals surface area contributed by atoms with Gasteiger partial charge in [-0.2, -0.15) is 0 Å². The van der Waals surface area contributed by atoms with Gasteiger partial charge in [-0.15, -0.1) is 0 Å². The summed E-state index contributed by atoms with van der Waals surface area (Å²) in [6, 6.07) is 11.0. The van der Waals surface area contributed by atoms with Crippen molar-refractivity contribution in [2.45, 2.75) is 27.7 Å². The van der Waals surface area contributed by atoms with Gasteiger partial charge in [0.15, 0.2) is 0 Å². The quantitative estimate of drug-likeness (QED) is 0.901. The average molecular weight is 345 g/mol. The summed E-state index contributed by atoms with van der Waals surface area (Å²) in [5, 5.41) is 3.40. The number of carbonyl (C=O) groups excluding carboxylic acids is 2. The molecule has 4 nitrogen and oxygen atoms in total. The fraction of sp³-hybridized carbons (Fsp3) is 0.263. The van der Waals surface area contributed by atoms with E-state index in [1.54, 1.807) is 12.1 Å². The summed E-state index contributed by atoms with van der Waals surface area (Å²) >= 11 is 6.03. The first-order valence-electron chi connectivity index (χ1n) is 7.70. The SMILES string of the molecule is CC(=O)N(CC(=O)Nc1cccc(C)c1C)c1cc(Cl)ccc1C. The number of benzene rings is 2. The van der Waals surface area contributed by atoms with E-state index in [2.05, 4.69) is 5.32 Å². The Balaban J connectivity index is 2.22. The largest absolute Gasteiger partial charge is 0.324 e. The maximum Gasteiger partial charge on any atom is 0.244 e. The number of anilines is 2. The molecule has 2 aromatic rings. The van der Waals surface area contributed by atoms with Crippen LogP contribution in [-0.4, -0.2) is 18.4 Å². The highest BCUT2D eigenvalue weighted by Crippen LogP contribution is 2.25. The van der Waals surface area contributed by atoms with Gasteiger partial charge in [0, 0.05) is 23.3 Å². The van der Waals surface area contributed by atoms with Crippen LogP contribution < -0.4 is 10.2 Å². The molecule has 0 aliphatic carbocycles. The number of nitrogens with zero attached hydrogens (tertiary/aromatic N) is 1. The summed E-state index contributed by atoms with van der Waals surface area (Å²) in [4.78, 5) is 25.9. The molecular weight excluding hydrogens is 324 g/mol. The van der Waals surface area contributed by atoms with E-state index in [0.29, 0.717) is 10.7 Å². The van der Waals surface area contributed by atoms with Crippen molar-refractivity contribution in [1.82, 2.24) is 0 Å². The molecule has 0 radical (unpaired) electrons. The average Bonchev–Trinajstić information content (AvgIpc) is 2.52. The number of hydrogen-bond donors (Lipinski definition) is 1. The van der Waals surface area contributed by atoms with Crippen molar-refractivity contribution >= 4 is 34.8 Å². The van der Waals surface area contributed by atoms with Crippen molar-refractivity contribution in [2.75, 3.05) is 16.8 Å². The minimum atomic E-state index is -0.252. The zero-order valence-corrected chi connectivity index (χ0v) is 15.1. The van der Waals surface area contributed by atoms with Crippen molar-refractivity contribution in [3.8, 4) is 0 Å². The molecule has 0 saturated carbocycles. The van der Waals surface area contributed by atoms with Crippen LogP contribution in [0.3, 0.4) is 0 Å². The van der Waals surface area contributed by atoms with Crippen molar-refractivity contribution < 1.29 is 9.59 Å². The smallest absolute Gasteiger partial charge is 0.244 e. The van der Waals surface area contributed by atoms with Crippen molar-refractivity contribution in [1.29, 1.82) is 0 Å². The van der Waals surface area contributed by atoms with Crippen LogP contribution in [0.1, 0.15) is 23.6 Å². The van der Waals surface area contributed by atoms with Crippen LogP contribution in [0.2, 0.25) is 5.02 Å². The summed E-state index contributed by atoms with van der Waals surface area (Å²) in [6.07, 6.45) is 0. The van der Waals surface area contributed by atoms with E-state index in [9.17, 15) is 9.59 Å². The van der Waals surface area contributed by atoms with E-state index < -0.39 is 0 Å². The molecule has 2 aromatic carbocycles. The Kier molecular flexibility index (Phi) is 5.62. The highest BCUT2D eigenvalue weighted by atomic mass is 35.5. The third-order valence-electron chi connectivity index (χ3n) is 4.02. The molecular formula is C19H21ClN2O2. The van der Waals surface area contributed by atoms with Crippen LogP contribution in [0.25, 0.3) is 0 Å². The van der Waals surface area contributed by atoms with Gasteiger partial charge >= 0.3 is 0 Å². The Morgan fingerprint density at radius 2 is 1.79 bits per heavy atom. The molecule has 0 bridgehead atoms. The molecule has 0 fully saturated rings. The molecule has 126 valence electrons. The second-order valence-electron chi connectivity index (χ2n) is 5.83. The molecule has 0 aliphatic rings. The Morgan fingerprint density at radius 1 is 1.08 bits per heavy atom. The molecule has 0 aromatic heterocycles. The number of hydrogen-bond acceptors (Lipinski definition) is 2. The van der Waals surface area contributed by atoms with E-state index >= 15 is 0 Å². The Bertz CT molecular complexity index is 787. The molecule has 0 saturated heterocycles. The standard InChI is InChI=1S/C19H21ClN2O2/c1-12-6-5-7-17(14(12)3)21-19(24)11-22(15(4)23)18-10-16(20)9-8-13(18)2/h5-10H,11H2,1-4H3,(H,21,24). The molecule has 1 N–H and O–H groups in total. The van der Waals surface area contributed by atoms with Crippen molar-refractivity contribution in [3.63, 3.8) is 0 Å². The number of rotatable bonds is 4. The minimum Gasteiger partial charge on any atom is -0.324 e. The number of amides is 2. The van der Waals surface area contributed by atoms with E-state index in [1.165, 1.54) is 11.8 Å². The van der Waals surface area contributed by atoms with Crippen LogP contribution in [0, 0.1) is 20.8 Å². The highest BCUT2D eigenvalue weighted by molar-refractivity contribution is 6.31. The lowest BCUT2D eigenvalue weighted by Crippen LogP contribution is -2.37. The molecule has 24 heavy (non-hydrogen) atoms. The first-order valence-corrected chi connectivity index (χ1v) is 8.07. The predicted molar refractivity (Wildman–Crippen MR) is 98.8 cm³/mol. The normalized spacial score (nSPS) is 10.4. The fourth-order valence-electron chi connectivity index (χ4n) is 2.46. The van der Waals surface area contributed by atoms with Gasteiger partial charge in [0.05, 0.1) is 0 Å². The maximum absolute atomic E-state index is 12.4. The molecule has 0 heterocycles. The van der Waals surface area contributed by atoms with Gasteiger partial charge in [0.25, 0.3) is 0 Å². The Labute approximate surface area is 147 Å². The van der Waals surface area contributed by atoms with Crippen LogP contribution in [-0.2, 0) is 9.59 Å².